The monoisotopic (exact) mass is 333 g/mol. The van der Waals surface area contributed by atoms with Crippen molar-refractivity contribution >= 4 is 5.96 Å². The average molecular weight is 333 g/mol. The Morgan fingerprint density at radius 1 is 1.25 bits per heavy atom. The van der Waals surface area contributed by atoms with Gasteiger partial charge in [0.2, 0.25) is 0 Å². The van der Waals surface area contributed by atoms with Crippen LogP contribution in [0.2, 0.25) is 0 Å². The van der Waals surface area contributed by atoms with Gasteiger partial charge in [-0.15, -0.1) is 0 Å². The Kier molecular flexibility index (Phi) is 8.63. The molecular formula is C19H31N3O2. The minimum absolute atomic E-state index is 0.289. The van der Waals surface area contributed by atoms with E-state index in [1.807, 2.05) is 0 Å². The first-order chi connectivity index (χ1) is 11.8. The summed E-state index contributed by atoms with van der Waals surface area (Å²) in [7, 11) is 0. The molecule has 5 nitrogen and oxygen atoms in total. The highest BCUT2D eigenvalue weighted by atomic mass is 16.5. The molecule has 0 spiro atoms. The zero-order valence-electron chi connectivity index (χ0n) is 15.0. The lowest BCUT2D eigenvalue weighted by Crippen LogP contribution is -2.39. The lowest BCUT2D eigenvalue weighted by atomic mass is 10.1. The van der Waals surface area contributed by atoms with Crippen LogP contribution in [0, 0.1) is 0 Å². The van der Waals surface area contributed by atoms with Crippen molar-refractivity contribution in [3.63, 3.8) is 0 Å². The maximum Gasteiger partial charge on any atom is 0.191 e. The van der Waals surface area contributed by atoms with Gasteiger partial charge in [0.1, 0.15) is 0 Å². The first kappa shape index (κ1) is 18.7. The molecule has 1 atom stereocenters. The van der Waals surface area contributed by atoms with Crippen molar-refractivity contribution in [1.29, 1.82) is 0 Å². The van der Waals surface area contributed by atoms with Crippen molar-refractivity contribution in [3.05, 3.63) is 35.4 Å². The molecule has 0 aromatic heterocycles. The Hall–Kier alpha value is -1.59. The summed E-state index contributed by atoms with van der Waals surface area (Å²) in [5, 5.41) is 6.61. The molecule has 2 rings (SSSR count). The molecule has 1 aromatic rings. The van der Waals surface area contributed by atoms with Gasteiger partial charge in [-0.25, -0.2) is 4.99 Å². The van der Waals surface area contributed by atoms with Gasteiger partial charge in [-0.05, 0) is 37.3 Å². The van der Waals surface area contributed by atoms with Crippen molar-refractivity contribution in [2.75, 3.05) is 32.9 Å². The predicted octanol–water partition coefficient (Wildman–Crippen LogP) is 2.50. The Bertz CT molecular complexity index is 499. The van der Waals surface area contributed by atoms with Gasteiger partial charge in [-0.1, -0.05) is 31.2 Å². The van der Waals surface area contributed by atoms with Crippen LogP contribution >= 0.6 is 0 Å². The van der Waals surface area contributed by atoms with E-state index in [0.29, 0.717) is 19.8 Å². The molecule has 0 amide bonds. The molecule has 2 N–H and O–H groups in total. The average Bonchev–Trinajstić information content (AvgIpc) is 3.13. The highest BCUT2D eigenvalue weighted by Crippen LogP contribution is 2.12. The molecular weight excluding hydrogens is 302 g/mol. The molecule has 0 bridgehead atoms. The van der Waals surface area contributed by atoms with Crippen LogP contribution in [-0.2, 0) is 22.4 Å². The molecule has 1 aliphatic heterocycles. The summed E-state index contributed by atoms with van der Waals surface area (Å²) in [5.74, 6) is 0.837. The Morgan fingerprint density at radius 2 is 2.08 bits per heavy atom. The molecule has 1 unspecified atom stereocenters. The summed E-state index contributed by atoms with van der Waals surface area (Å²) < 4.78 is 11.2. The first-order valence-electron chi connectivity index (χ1n) is 9.11. The number of ether oxygens (including phenoxy) is 2. The summed E-state index contributed by atoms with van der Waals surface area (Å²) in [6, 6.07) is 8.48. The topological polar surface area (TPSA) is 54.9 Å². The maximum absolute atomic E-state index is 5.68. The van der Waals surface area contributed by atoms with Crippen molar-refractivity contribution in [3.8, 4) is 0 Å². The highest BCUT2D eigenvalue weighted by molar-refractivity contribution is 5.79. The Labute approximate surface area is 145 Å². The number of benzene rings is 1. The smallest absolute Gasteiger partial charge is 0.191 e. The van der Waals surface area contributed by atoms with Crippen molar-refractivity contribution in [2.45, 2.75) is 45.8 Å². The molecule has 1 aromatic carbocycles. The summed E-state index contributed by atoms with van der Waals surface area (Å²) in [6.45, 7) is 8.77. The van der Waals surface area contributed by atoms with E-state index in [1.54, 1.807) is 0 Å². The third-order valence-electron chi connectivity index (χ3n) is 4.12. The van der Waals surface area contributed by atoms with Gasteiger partial charge < -0.3 is 20.1 Å². The SMILES string of the molecule is CCNC(=NCc1ccccc1CC)NCCOCC1CCCO1. The van der Waals surface area contributed by atoms with Gasteiger partial charge in [0.25, 0.3) is 0 Å². The number of hydrogen-bond donors (Lipinski definition) is 2. The van der Waals surface area contributed by atoms with Crippen molar-refractivity contribution < 1.29 is 9.47 Å². The second kappa shape index (κ2) is 11.0. The lowest BCUT2D eigenvalue weighted by molar-refractivity contribution is 0.0191. The Balaban J connectivity index is 1.73. The number of aliphatic imine (C=N–C) groups is 1. The molecule has 0 aliphatic carbocycles. The number of nitrogens with one attached hydrogen (secondary N) is 2. The summed E-state index contributed by atoms with van der Waals surface area (Å²) in [5.41, 5.74) is 2.64. The quantitative estimate of drug-likeness (QED) is 0.414. The zero-order valence-corrected chi connectivity index (χ0v) is 15.0. The normalized spacial score (nSPS) is 17.9. The predicted molar refractivity (Wildman–Crippen MR) is 98.4 cm³/mol. The number of aryl methyl sites for hydroxylation is 1. The van der Waals surface area contributed by atoms with Gasteiger partial charge in [-0.2, -0.15) is 0 Å². The summed E-state index contributed by atoms with van der Waals surface area (Å²) >= 11 is 0. The van der Waals surface area contributed by atoms with E-state index in [2.05, 4.69) is 53.7 Å². The second-order valence-corrected chi connectivity index (χ2v) is 5.95. The minimum atomic E-state index is 0.289. The van der Waals surface area contributed by atoms with E-state index < -0.39 is 0 Å². The standard InChI is InChI=1S/C19H31N3O2/c1-3-16-8-5-6-9-17(16)14-22-19(20-4-2)21-11-13-23-15-18-10-7-12-24-18/h5-6,8-9,18H,3-4,7,10-15H2,1-2H3,(H2,20,21,22). The minimum Gasteiger partial charge on any atom is -0.377 e. The number of nitrogens with zero attached hydrogens (tertiary/aromatic N) is 1. The van der Waals surface area contributed by atoms with Gasteiger partial charge in [0.15, 0.2) is 5.96 Å². The van der Waals surface area contributed by atoms with Crippen LogP contribution in [0.25, 0.3) is 0 Å². The van der Waals surface area contributed by atoms with Gasteiger partial charge in [0.05, 0.1) is 25.9 Å². The molecule has 1 aliphatic rings. The van der Waals surface area contributed by atoms with E-state index in [0.717, 1.165) is 44.9 Å². The van der Waals surface area contributed by atoms with Crippen LogP contribution in [0.4, 0.5) is 0 Å². The molecule has 0 radical (unpaired) electrons. The molecule has 1 fully saturated rings. The van der Waals surface area contributed by atoms with E-state index >= 15 is 0 Å². The van der Waals surface area contributed by atoms with Crippen molar-refractivity contribution in [1.82, 2.24) is 10.6 Å². The van der Waals surface area contributed by atoms with Gasteiger partial charge in [-0.3, -0.25) is 0 Å². The number of guanidine groups is 1. The molecule has 134 valence electrons. The molecule has 24 heavy (non-hydrogen) atoms. The lowest BCUT2D eigenvalue weighted by Gasteiger charge is -2.13. The molecule has 1 heterocycles. The van der Waals surface area contributed by atoms with Crippen LogP contribution in [-0.4, -0.2) is 45.0 Å². The highest BCUT2D eigenvalue weighted by Gasteiger charge is 2.14. The van der Waals surface area contributed by atoms with Crippen LogP contribution < -0.4 is 10.6 Å². The van der Waals surface area contributed by atoms with E-state index in [1.165, 1.54) is 11.1 Å². The van der Waals surface area contributed by atoms with Gasteiger partial charge >= 0.3 is 0 Å². The fraction of sp³-hybridized carbons (Fsp3) is 0.632. The van der Waals surface area contributed by atoms with Gasteiger partial charge in [0, 0.05) is 19.7 Å². The van der Waals surface area contributed by atoms with Crippen molar-refractivity contribution in [2.24, 2.45) is 4.99 Å². The van der Waals surface area contributed by atoms with Crippen LogP contribution in [0.15, 0.2) is 29.3 Å². The van der Waals surface area contributed by atoms with E-state index in [-0.39, 0.29) is 6.10 Å². The summed E-state index contributed by atoms with van der Waals surface area (Å²) in [4.78, 5) is 4.68. The number of rotatable bonds is 9. The summed E-state index contributed by atoms with van der Waals surface area (Å²) in [6.07, 6.45) is 3.60. The maximum atomic E-state index is 5.68. The molecule has 1 saturated heterocycles. The third-order valence-corrected chi connectivity index (χ3v) is 4.12. The van der Waals surface area contributed by atoms with E-state index in [9.17, 15) is 0 Å². The molecule has 5 heteroatoms. The fourth-order valence-electron chi connectivity index (χ4n) is 2.79. The Morgan fingerprint density at radius 3 is 2.79 bits per heavy atom. The van der Waals surface area contributed by atoms with E-state index in [4.69, 9.17) is 9.47 Å². The van der Waals surface area contributed by atoms with Crippen LogP contribution in [0.1, 0.15) is 37.8 Å². The van der Waals surface area contributed by atoms with Crippen LogP contribution in [0.3, 0.4) is 0 Å². The first-order valence-corrected chi connectivity index (χ1v) is 9.11. The zero-order chi connectivity index (χ0) is 17.0. The van der Waals surface area contributed by atoms with Crippen LogP contribution in [0.5, 0.6) is 0 Å². The molecule has 0 saturated carbocycles. The largest absolute Gasteiger partial charge is 0.377 e. The second-order valence-electron chi connectivity index (χ2n) is 5.95. The fourth-order valence-corrected chi connectivity index (χ4v) is 2.79. The number of hydrogen-bond acceptors (Lipinski definition) is 3. The third kappa shape index (κ3) is 6.49.